The number of Topliss-reactive ketones (excluding diaryl/α,β-unsaturated/α-hetero) is 2. The minimum Gasteiger partial charge on any atom is -0.468 e. The number of hydrogen-bond acceptors (Lipinski definition) is 7. The first-order valence-corrected chi connectivity index (χ1v) is 10.1. The van der Waals surface area contributed by atoms with Crippen LogP contribution in [0.5, 0.6) is 0 Å². The number of rotatable bonds is 5. The molecule has 0 atom stereocenters. The zero-order valence-corrected chi connectivity index (χ0v) is 16.9. The third kappa shape index (κ3) is 3.51. The number of hydrogen-bond donors (Lipinski definition) is 0. The Morgan fingerprint density at radius 2 is 1.71 bits per heavy atom. The van der Waals surface area contributed by atoms with Gasteiger partial charge in [0.05, 0.1) is 19.8 Å². The molecule has 3 rings (SSSR count). The summed E-state index contributed by atoms with van der Waals surface area (Å²) in [7, 11) is 2.32. The van der Waals surface area contributed by atoms with Crippen LogP contribution in [0.1, 0.15) is 40.7 Å². The Kier molecular flexibility index (Phi) is 6.03. The predicted octanol–water partition coefficient (Wildman–Crippen LogP) is 2.84. The number of ketones is 2. The Bertz CT molecular complexity index is 882. The van der Waals surface area contributed by atoms with Crippen LogP contribution in [0.3, 0.4) is 0 Å². The topological polar surface area (TPSA) is 86.7 Å². The summed E-state index contributed by atoms with van der Waals surface area (Å²) in [6.07, 6.45) is 1.84. The van der Waals surface area contributed by atoms with Crippen molar-refractivity contribution in [2.75, 3.05) is 20.0 Å². The fraction of sp³-hybridized carbons (Fsp3) is 0.429. The first-order valence-electron chi connectivity index (χ1n) is 9.12. The predicted molar refractivity (Wildman–Crippen MR) is 103 cm³/mol. The molecule has 0 radical (unpaired) electrons. The Morgan fingerprint density at radius 1 is 1.04 bits per heavy atom. The number of ether oxygens (including phenoxy) is 2. The maximum absolute atomic E-state index is 13.4. The van der Waals surface area contributed by atoms with Gasteiger partial charge in [-0.3, -0.25) is 19.2 Å². The van der Waals surface area contributed by atoms with Crippen molar-refractivity contribution in [3.8, 4) is 0 Å². The molecule has 2 aliphatic rings. The standard InChI is InChI=1S/C21H22O6S/c1-11-12-9-10-28-16(12)8-7-13(11)19(23)17-14(5-4-6-15(17)22)18(20(24)26-2)21(25)27-3/h7-8,18H,4-6,9-10H2,1-3H3. The molecule has 0 bridgehead atoms. The van der Waals surface area contributed by atoms with Gasteiger partial charge in [0.1, 0.15) is 0 Å². The van der Waals surface area contributed by atoms with E-state index in [0.29, 0.717) is 18.4 Å². The first kappa shape index (κ1) is 20.3. The highest BCUT2D eigenvalue weighted by Crippen LogP contribution is 2.37. The van der Waals surface area contributed by atoms with Crippen molar-refractivity contribution in [2.24, 2.45) is 5.92 Å². The number of thioether (sulfide) groups is 1. The van der Waals surface area contributed by atoms with Gasteiger partial charge in [-0.05, 0) is 55.0 Å². The number of benzene rings is 1. The number of fused-ring (bicyclic) bond motifs is 1. The van der Waals surface area contributed by atoms with E-state index < -0.39 is 23.6 Å². The fourth-order valence-corrected chi connectivity index (χ4v) is 4.99. The van der Waals surface area contributed by atoms with Crippen LogP contribution in [0.2, 0.25) is 0 Å². The Balaban J connectivity index is 2.14. The molecule has 0 unspecified atom stereocenters. The largest absolute Gasteiger partial charge is 0.468 e. The minimum absolute atomic E-state index is 0.0687. The molecule has 1 aliphatic heterocycles. The van der Waals surface area contributed by atoms with Gasteiger partial charge in [0.15, 0.2) is 17.5 Å². The average molecular weight is 402 g/mol. The van der Waals surface area contributed by atoms with E-state index in [0.717, 1.165) is 42.4 Å². The van der Waals surface area contributed by atoms with Crippen molar-refractivity contribution in [3.05, 3.63) is 40.0 Å². The van der Waals surface area contributed by atoms with Crippen molar-refractivity contribution in [3.63, 3.8) is 0 Å². The van der Waals surface area contributed by atoms with Crippen LogP contribution < -0.4 is 0 Å². The molecule has 0 N–H and O–H groups in total. The highest BCUT2D eigenvalue weighted by atomic mass is 32.2. The fourth-order valence-electron chi connectivity index (χ4n) is 3.87. The number of esters is 2. The summed E-state index contributed by atoms with van der Waals surface area (Å²) in [6, 6.07) is 3.63. The molecule has 0 spiro atoms. The van der Waals surface area contributed by atoms with Crippen LogP contribution in [-0.4, -0.2) is 43.5 Å². The molecule has 28 heavy (non-hydrogen) atoms. The molecule has 1 aromatic carbocycles. The molecule has 148 valence electrons. The van der Waals surface area contributed by atoms with Crippen molar-refractivity contribution >= 4 is 35.3 Å². The van der Waals surface area contributed by atoms with Gasteiger partial charge in [0.25, 0.3) is 0 Å². The van der Waals surface area contributed by atoms with E-state index >= 15 is 0 Å². The lowest BCUT2D eigenvalue weighted by Crippen LogP contribution is -2.33. The minimum atomic E-state index is -1.40. The van der Waals surface area contributed by atoms with E-state index in [-0.39, 0.29) is 23.4 Å². The average Bonchev–Trinajstić information content (AvgIpc) is 3.17. The lowest BCUT2D eigenvalue weighted by molar-refractivity contribution is -0.156. The maximum Gasteiger partial charge on any atom is 0.324 e. The van der Waals surface area contributed by atoms with Gasteiger partial charge in [0, 0.05) is 22.6 Å². The molecular formula is C21H22O6S. The Morgan fingerprint density at radius 3 is 2.36 bits per heavy atom. The molecule has 0 amide bonds. The van der Waals surface area contributed by atoms with Gasteiger partial charge in [-0.1, -0.05) is 0 Å². The summed E-state index contributed by atoms with van der Waals surface area (Å²) in [5.41, 5.74) is 2.55. The SMILES string of the molecule is COC(=O)C(C(=O)OC)C1=C(C(=O)c2ccc3c(c2C)CCS3)C(=O)CCC1. The third-order valence-electron chi connectivity index (χ3n) is 5.31. The van der Waals surface area contributed by atoms with Crippen molar-refractivity contribution < 1.29 is 28.7 Å². The van der Waals surface area contributed by atoms with Crippen LogP contribution >= 0.6 is 11.8 Å². The summed E-state index contributed by atoms with van der Waals surface area (Å²) < 4.78 is 9.49. The highest BCUT2D eigenvalue weighted by Gasteiger charge is 2.40. The molecular weight excluding hydrogens is 380 g/mol. The van der Waals surface area contributed by atoms with Crippen LogP contribution in [0.4, 0.5) is 0 Å². The molecule has 1 heterocycles. The first-order chi connectivity index (χ1) is 13.4. The number of carbonyl (C=O) groups excluding carboxylic acids is 4. The molecule has 1 aliphatic carbocycles. The monoisotopic (exact) mass is 402 g/mol. The zero-order valence-electron chi connectivity index (χ0n) is 16.1. The highest BCUT2D eigenvalue weighted by molar-refractivity contribution is 7.99. The molecule has 0 fully saturated rings. The number of carbonyl (C=O) groups is 4. The van der Waals surface area contributed by atoms with Gasteiger partial charge in [-0.15, -0.1) is 11.8 Å². The molecule has 1 aromatic rings. The summed E-state index contributed by atoms with van der Waals surface area (Å²) in [4.78, 5) is 51.8. The maximum atomic E-state index is 13.4. The second-order valence-corrected chi connectivity index (χ2v) is 7.94. The van der Waals surface area contributed by atoms with Crippen molar-refractivity contribution in [2.45, 2.75) is 37.5 Å². The summed E-state index contributed by atoms with van der Waals surface area (Å²) in [5, 5.41) is 0. The number of methoxy groups -OCH3 is 2. The number of allylic oxidation sites excluding steroid dienone is 1. The summed E-state index contributed by atoms with van der Waals surface area (Å²) in [5.74, 6) is -2.88. The quantitative estimate of drug-likeness (QED) is 0.324. The van der Waals surface area contributed by atoms with Crippen LogP contribution in [0, 0.1) is 12.8 Å². The smallest absolute Gasteiger partial charge is 0.324 e. The molecule has 7 heteroatoms. The Labute approximate surface area is 167 Å². The van der Waals surface area contributed by atoms with Gasteiger partial charge in [0.2, 0.25) is 0 Å². The molecule has 0 saturated heterocycles. The van der Waals surface area contributed by atoms with E-state index in [2.05, 4.69) is 0 Å². The van der Waals surface area contributed by atoms with Gasteiger partial charge in [-0.2, -0.15) is 0 Å². The summed E-state index contributed by atoms with van der Waals surface area (Å²) in [6.45, 7) is 1.88. The van der Waals surface area contributed by atoms with Gasteiger partial charge in [-0.25, -0.2) is 0 Å². The molecule has 0 saturated carbocycles. The van der Waals surface area contributed by atoms with E-state index in [1.54, 1.807) is 17.8 Å². The second-order valence-electron chi connectivity index (χ2n) is 6.80. The summed E-state index contributed by atoms with van der Waals surface area (Å²) >= 11 is 1.75. The van der Waals surface area contributed by atoms with Crippen LogP contribution in [0.25, 0.3) is 0 Å². The normalized spacial score (nSPS) is 16.2. The van der Waals surface area contributed by atoms with Gasteiger partial charge >= 0.3 is 11.9 Å². The second kappa shape index (κ2) is 8.31. The van der Waals surface area contributed by atoms with Crippen molar-refractivity contribution in [1.82, 2.24) is 0 Å². The van der Waals surface area contributed by atoms with E-state index in [4.69, 9.17) is 9.47 Å². The van der Waals surface area contributed by atoms with E-state index in [1.807, 2.05) is 13.0 Å². The lowest BCUT2D eigenvalue weighted by Gasteiger charge is -2.23. The molecule has 0 aromatic heterocycles. The van der Waals surface area contributed by atoms with E-state index in [1.165, 1.54) is 0 Å². The van der Waals surface area contributed by atoms with Gasteiger partial charge < -0.3 is 9.47 Å². The van der Waals surface area contributed by atoms with Crippen molar-refractivity contribution in [1.29, 1.82) is 0 Å². The molecule has 6 nitrogen and oxygen atoms in total. The Hall–Kier alpha value is -2.41. The van der Waals surface area contributed by atoms with Crippen LogP contribution in [-0.2, 0) is 30.3 Å². The zero-order chi connectivity index (χ0) is 20.4. The lowest BCUT2D eigenvalue weighted by atomic mass is 9.79. The van der Waals surface area contributed by atoms with Crippen LogP contribution in [0.15, 0.2) is 28.2 Å². The third-order valence-corrected chi connectivity index (χ3v) is 6.41. The van der Waals surface area contributed by atoms with E-state index in [9.17, 15) is 19.2 Å².